The highest BCUT2D eigenvalue weighted by Crippen LogP contribution is 2.32. The van der Waals surface area contributed by atoms with Gasteiger partial charge < -0.3 is 14.0 Å². The predicted molar refractivity (Wildman–Crippen MR) is 79.9 cm³/mol. The Morgan fingerprint density at radius 2 is 2.18 bits per heavy atom. The quantitative estimate of drug-likeness (QED) is 0.764. The molecular formula is C16H14N4O2. The molecule has 0 N–H and O–H groups in total. The molecule has 0 saturated heterocycles. The van der Waals surface area contributed by atoms with Crippen molar-refractivity contribution in [2.45, 2.75) is 6.54 Å². The van der Waals surface area contributed by atoms with E-state index in [1.807, 2.05) is 22.9 Å². The van der Waals surface area contributed by atoms with Crippen molar-refractivity contribution >= 4 is 6.08 Å². The number of imidazole rings is 1. The van der Waals surface area contributed by atoms with Gasteiger partial charge in [0.2, 0.25) is 0 Å². The fourth-order valence-corrected chi connectivity index (χ4v) is 1.88. The molecule has 0 aliphatic heterocycles. The molecule has 0 spiro atoms. The Kier molecular flexibility index (Phi) is 5.17. The average molecular weight is 294 g/mol. The van der Waals surface area contributed by atoms with Gasteiger partial charge in [-0.2, -0.15) is 10.5 Å². The first kappa shape index (κ1) is 15.1. The van der Waals surface area contributed by atoms with Gasteiger partial charge in [-0.05, 0) is 12.1 Å². The maximum Gasteiger partial charge on any atom is 0.168 e. The molecule has 1 aromatic heterocycles. The third-order valence-electron chi connectivity index (χ3n) is 2.93. The van der Waals surface area contributed by atoms with Gasteiger partial charge in [-0.15, -0.1) is 0 Å². The minimum Gasteiger partial charge on any atom is -0.493 e. The van der Waals surface area contributed by atoms with Crippen molar-refractivity contribution in [1.29, 1.82) is 10.5 Å². The lowest BCUT2D eigenvalue weighted by Gasteiger charge is -2.13. The number of benzene rings is 1. The number of para-hydroxylation sites is 1. The van der Waals surface area contributed by atoms with Crippen molar-refractivity contribution < 1.29 is 9.47 Å². The molecule has 1 heterocycles. The Balaban J connectivity index is 2.22. The number of hydrogen-bond donors (Lipinski definition) is 0. The van der Waals surface area contributed by atoms with Crippen LogP contribution in [0.3, 0.4) is 0 Å². The van der Waals surface area contributed by atoms with Crippen molar-refractivity contribution in [2.75, 3.05) is 13.7 Å². The van der Waals surface area contributed by atoms with Crippen molar-refractivity contribution in [3.05, 3.63) is 48.1 Å². The Morgan fingerprint density at radius 1 is 1.36 bits per heavy atom. The Labute approximate surface area is 128 Å². The van der Waals surface area contributed by atoms with Crippen LogP contribution < -0.4 is 9.47 Å². The van der Waals surface area contributed by atoms with Crippen molar-refractivity contribution in [1.82, 2.24) is 9.55 Å². The van der Waals surface area contributed by atoms with Crippen LogP contribution in [0.2, 0.25) is 0 Å². The van der Waals surface area contributed by atoms with Gasteiger partial charge in [0.05, 0.1) is 20.0 Å². The van der Waals surface area contributed by atoms with Gasteiger partial charge in [0.1, 0.15) is 24.3 Å². The SMILES string of the molecule is COc1cccc(C=C(C#N)C#N)c1OCCn1ccnc1. The molecule has 6 heteroatoms. The van der Waals surface area contributed by atoms with Crippen LogP contribution in [0.5, 0.6) is 11.5 Å². The maximum atomic E-state index is 8.88. The highest BCUT2D eigenvalue weighted by Gasteiger charge is 2.10. The Bertz CT molecular complexity index is 720. The molecule has 0 unspecified atom stereocenters. The van der Waals surface area contributed by atoms with Crippen LogP contribution in [-0.4, -0.2) is 23.3 Å². The summed E-state index contributed by atoms with van der Waals surface area (Å²) in [6.45, 7) is 1.04. The topological polar surface area (TPSA) is 83.9 Å². The summed E-state index contributed by atoms with van der Waals surface area (Å²) in [6.07, 6.45) is 6.73. The zero-order chi connectivity index (χ0) is 15.8. The lowest BCUT2D eigenvalue weighted by Crippen LogP contribution is -2.08. The first-order valence-electron chi connectivity index (χ1n) is 6.56. The van der Waals surface area contributed by atoms with Gasteiger partial charge in [0.25, 0.3) is 0 Å². The standard InChI is InChI=1S/C16H14N4O2/c1-21-15-4-2-3-14(9-13(10-17)11-18)16(15)22-8-7-20-6-5-19-12-20/h2-6,9,12H,7-8H2,1H3. The summed E-state index contributed by atoms with van der Waals surface area (Å²) >= 11 is 0. The Hall–Kier alpha value is -3.25. The maximum absolute atomic E-state index is 8.88. The molecule has 2 aromatic rings. The normalized spacial score (nSPS) is 9.41. The molecule has 0 amide bonds. The van der Waals surface area contributed by atoms with Crippen LogP contribution in [-0.2, 0) is 6.54 Å². The first-order chi connectivity index (χ1) is 10.8. The van der Waals surface area contributed by atoms with Crippen LogP contribution in [0.1, 0.15) is 5.56 Å². The van der Waals surface area contributed by atoms with Crippen LogP contribution in [0.4, 0.5) is 0 Å². The van der Waals surface area contributed by atoms with E-state index in [-0.39, 0.29) is 5.57 Å². The first-order valence-corrected chi connectivity index (χ1v) is 6.56. The summed E-state index contributed by atoms with van der Waals surface area (Å²) in [5.41, 5.74) is 0.635. The number of allylic oxidation sites excluding steroid dienone is 1. The summed E-state index contributed by atoms with van der Waals surface area (Å²) in [5, 5.41) is 17.8. The summed E-state index contributed by atoms with van der Waals surface area (Å²) < 4.78 is 13.0. The summed E-state index contributed by atoms with van der Waals surface area (Å²) in [6, 6.07) is 8.98. The van der Waals surface area contributed by atoms with Gasteiger partial charge in [0, 0.05) is 18.0 Å². The van der Waals surface area contributed by atoms with Gasteiger partial charge in [-0.25, -0.2) is 4.98 Å². The smallest absolute Gasteiger partial charge is 0.168 e. The second kappa shape index (κ2) is 7.51. The molecule has 0 radical (unpaired) electrons. The molecule has 0 bridgehead atoms. The lowest BCUT2D eigenvalue weighted by atomic mass is 10.1. The number of rotatable bonds is 6. The van der Waals surface area contributed by atoms with Crippen LogP contribution >= 0.6 is 0 Å². The molecule has 2 rings (SSSR count). The molecule has 6 nitrogen and oxygen atoms in total. The zero-order valence-electron chi connectivity index (χ0n) is 12.1. The van der Waals surface area contributed by atoms with E-state index in [2.05, 4.69) is 4.98 Å². The number of nitrogens with zero attached hydrogens (tertiary/aromatic N) is 4. The second-order valence-electron chi connectivity index (χ2n) is 4.31. The highest BCUT2D eigenvalue weighted by atomic mass is 16.5. The molecule has 0 fully saturated rings. The number of methoxy groups -OCH3 is 1. The average Bonchev–Trinajstić information content (AvgIpc) is 3.06. The molecule has 0 aliphatic rings. The summed E-state index contributed by atoms with van der Waals surface area (Å²) in [4.78, 5) is 3.96. The van der Waals surface area contributed by atoms with Gasteiger partial charge >= 0.3 is 0 Å². The van der Waals surface area contributed by atoms with E-state index in [0.717, 1.165) is 0 Å². The van der Waals surface area contributed by atoms with Crippen LogP contribution in [0.15, 0.2) is 42.5 Å². The van der Waals surface area contributed by atoms with Crippen molar-refractivity contribution in [3.8, 4) is 23.6 Å². The van der Waals surface area contributed by atoms with E-state index in [1.54, 1.807) is 37.8 Å². The van der Waals surface area contributed by atoms with E-state index in [4.69, 9.17) is 20.0 Å². The highest BCUT2D eigenvalue weighted by molar-refractivity contribution is 5.68. The summed E-state index contributed by atoms with van der Waals surface area (Å²) in [7, 11) is 1.54. The molecule has 0 saturated carbocycles. The minimum absolute atomic E-state index is 0.00714. The molecule has 22 heavy (non-hydrogen) atoms. The monoisotopic (exact) mass is 294 g/mol. The third kappa shape index (κ3) is 3.65. The van der Waals surface area contributed by atoms with E-state index >= 15 is 0 Å². The fourth-order valence-electron chi connectivity index (χ4n) is 1.88. The largest absolute Gasteiger partial charge is 0.493 e. The van der Waals surface area contributed by atoms with Crippen LogP contribution in [0.25, 0.3) is 6.08 Å². The minimum atomic E-state index is 0.00714. The Morgan fingerprint density at radius 3 is 2.82 bits per heavy atom. The van der Waals surface area contributed by atoms with E-state index in [9.17, 15) is 0 Å². The van der Waals surface area contributed by atoms with E-state index in [1.165, 1.54) is 6.08 Å². The van der Waals surface area contributed by atoms with Crippen molar-refractivity contribution in [3.63, 3.8) is 0 Å². The summed E-state index contributed by atoms with van der Waals surface area (Å²) in [5.74, 6) is 1.06. The predicted octanol–water partition coefficient (Wildman–Crippen LogP) is 2.40. The van der Waals surface area contributed by atoms with E-state index in [0.29, 0.717) is 30.2 Å². The zero-order valence-corrected chi connectivity index (χ0v) is 12.1. The number of nitriles is 2. The van der Waals surface area contributed by atoms with Gasteiger partial charge in [-0.3, -0.25) is 0 Å². The van der Waals surface area contributed by atoms with Gasteiger partial charge in [-0.1, -0.05) is 12.1 Å². The fraction of sp³-hybridized carbons (Fsp3) is 0.188. The molecule has 110 valence electrons. The van der Waals surface area contributed by atoms with E-state index < -0.39 is 0 Å². The van der Waals surface area contributed by atoms with Crippen molar-refractivity contribution in [2.24, 2.45) is 0 Å². The molecule has 0 atom stereocenters. The third-order valence-corrected chi connectivity index (χ3v) is 2.93. The number of aromatic nitrogens is 2. The molecule has 0 aliphatic carbocycles. The second-order valence-corrected chi connectivity index (χ2v) is 4.31. The number of ether oxygens (including phenoxy) is 2. The molecular weight excluding hydrogens is 280 g/mol. The lowest BCUT2D eigenvalue weighted by molar-refractivity contribution is 0.279. The van der Waals surface area contributed by atoms with Gasteiger partial charge in [0.15, 0.2) is 11.5 Å². The number of hydrogen-bond acceptors (Lipinski definition) is 5. The van der Waals surface area contributed by atoms with Crippen LogP contribution in [0, 0.1) is 22.7 Å². The molecule has 1 aromatic carbocycles.